The number of aromatic nitrogens is 2. The van der Waals surface area contributed by atoms with Crippen LogP contribution in [0.4, 0.5) is 15.9 Å². The summed E-state index contributed by atoms with van der Waals surface area (Å²) in [5.74, 6) is -0.502. The standard InChI is InChI=1S/C25H25FN4O4/c1-2-34-25(33)18-6-8-20(9-7-18)27-24(32)17-12-14-29(15-13-17)22-10-11-23(31)30(28-22)21-5-3-4-19(26)16-21/h3-11,16-17H,2,12-15H2,1H3,(H,27,32). The summed E-state index contributed by atoms with van der Waals surface area (Å²) in [6.45, 7) is 3.23. The summed E-state index contributed by atoms with van der Waals surface area (Å²) in [7, 11) is 0. The Hall–Kier alpha value is -4.01. The largest absolute Gasteiger partial charge is 0.462 e. The third-order valence-corrected chi connectivity index (χ3v) is 5.69. The van der Waals surface area contributed by atoms with Gasteiger partial charge in [-0.15, -0.1) is 5.10 Å². The number of halogens is 1. The topological polar surface area (TPSA) is 93.5 Å². The van der Waals surface area contributed by atoms with Gasteiger partial charge in [0.15, 0.2) is 0 Å². The van der Waals surface area contributed by atoms with Crippen molar-refractivity contribution in [1.82, 2.24) is 9.78 Å². The van der Waals surface area contributed by atoms with Gasteiger partial charge in [-0.3, -0.25) is 9.59 Å². The Morgan fingerprint density at radius 3 is 2.50 bits per heavy atom. The zero-order valence-corrected chi connectivity index (χ0v) is 18.7. The number of carbonyl (C=O) groups is 2. The fraction of sp³-hybridized carbons (Fsp3) is 0.280. The van der Waals surface area contributed by atoms with Crippen LogP contribution in [0, 0.1) is 11.7 Å². The highest BCUT2D eigenvalue weighted by Gasteiger charge is 2.26. The first-order valence-corrected chi connectivity index (χ1v) is 11.1. The van der Waals surface area contributed by atoms with E-state index in [0.717, 1.165) is 0 Å². The van der Waals surface area contributed by atoms with Crippen LogP contribution < -0.4 is 15.8 Å². The lowest BCUT2D eigenvalue weighted by Gasteiger charge is -2.32. The van der Waals surface area contributed by atoms with Gasteiger partial charge in [-0.05, 0) is 68.3 Å². The molecule has 9 heteroatoms. The number of benzene rings is 2. The van der Waals surface area contributed by atoms with E-state index >= 15 is 0 Å². The van der Waals surface area contributed by atoms with E-state index in [2.05, 4.69) is 10.4 Å². The Morgan fingerprint density at radius 2 is 1.82 bits per heavy atom. The molecule has 1 N–H and O–H groups in total. The average Bonchev–Trinajstić information content (AvgIpc) is 2.85. The van der Waals surface area contributed by atoms with Crippen molar-refractivity contribution >= 4 is 23.4 Å². The van der Waals surface area contributed by atoms with Gasteiger partial charge < -0.3 is 15.0 Å². The molecule has 8 nitrogen and oxygen atoms in total. The molecule has 0 atom stereocenters. The van der Waals surface area contributed by atoms with Crippen molar-refractivity contribution < 1.29 is 18.7 Å². The predicted octanol–water partition coefficient (Wildman–Crippen LogP) is 3.40. The molecule has 0 bridgehead atoms. The summed E-state index contributed by atoms with van der Waals surface area (Å²) in [6, 6.07) is 15.4. The van der Waals surface area contributed by atoms with Crippen LogP contribution in [0.5, 0.6) is 0 Å². The van der Waals surface area contributed by atoms with Crippen molar-refractivity contribution in [2.24, 2.45) is 5.92 Å². The number of nitrogens with one attached hydrogen (secondary N) is 1. The minimum atomic E-state index is -0.445. The van der Waals surface area contributed by atoms with Crippen LogP contribution in [-0.2, 0) is 9.53 Å². The number of esters is 1. The van der Waals surface area contributed by atoms with E-state index in [1.807, 2.05) is 4.90 Å². The summed E-state index contributed by atoms with van der Waals surface area (Å²) in [5.41, 5.74) is 1.05. The van der Waals surface area contributed by atoms with Crippen LogP contribution in [0.1, 0.15) is 30.1 Å². The SMILES string of the molecule is CCOC(=O)c1ccc(NC(=O)C2CCN(c3ccc(=O)n(-c4cccc(F)c4)n3)CC2)cc1. The van der Waals surface area contributed by atoms with E-state index in [1.165, 1.54) is 28.9 Å². The van der Waals surface area contributed by atoms with Crippen LogP contribution in [0.2, 0.25) is 0 Å². The number of hydrogen-bond donors (Lipinski definition) is 1. The number of hydrogen-bond acceptors (Lipinski definition) is 6. The third kappa shape index (κ3) is 5.31. The Kier molecular flexibility index (Phi) is 7.01. The van der Waals surface area contributed by atoms with Crippen molar-refractivity contribution in [1.29, 1.82) is 0 Å². The Labute approximate surface area is 196 Å². The molecule has 1 saturated heterocycles. The van der Waals surface area contributed by atoms with Gasteiger partial charge in [-0.25, -0.2) is 9.18 Å². The minimum Gasteiger partial charge on any atom is -0.462 e. The molecule has 0 radical (unpaired) electrons. The van der Waals surface area contributed by atoms with Gasteiger partial charge in [0, 0.05) is 30.8 Å². The van der Waals surface area contributed by atoms with Gasteiger partial charge in [0.25, 0.3) is 5.56 Å². The highest BCUT2D eigenvalue weighted by molar-refractivity contribution is 5.94. The molecule has 1 fully saturated rings. The van der Waals surface area contributed by atoms with Gasteiger partial charge in [0.1, 0.15) is 11.6 Å². The molecule has 0 saturated carbocycles. The maximum atomic E-state index is 13.6. The maximum Gasteiger partial charge on any atom is 0.338 e. The van der Waals surface area contributed by atoms with Gasteiger partial charge in [-0.1, -0.05) is 6.07 Å². The number of piperidine rings is 1. The molecule has 1 amide bonds. The average molecular weight is 464 g/mol. The normalized spacial score (nSPS) is 14.0. The van der Waals surface area contributed by atoms with Crippen molar-refractivity contribution in [3.05, 3.63) is 82.4 Å². The zero-order chi connectivity index (χ0) is 24.1. The fourth-order valence-corrected chi connectivity index (χ4v) is 3.88. The molecule has 1 aliphatic rings. The van der Waals surface area contributed by atoms with Crippen LogP contribution in [0.3, 0.4) is 0 Å². The predicted molar refractivity (Wildman–Crippen MR) is 126 cm³/mol. The van der Waals surface area contributed by atoms with Crippen molar-refractivity contribution in [3.8, 4) is 5.69 Å². The monoisotopic (exact) mass is 464 g/mol. The van der Waals surface area contributed by atoms with Crippen LogP contribution in [0.15, 0.2) is 65.5 Å². The second-order valence-corrected chi connectivity index (χ2v) is 7.97. The number of amides is 1. The molecular formula is C25H25FN4O4. The summed E-state index contributed by atoms with van der Waals surface area (Å²) >= 11 is 0. The quantitative estimate of drug-likeness (QED) is 0.562. The number of anilines is 2. The molecule has 0 aliphatic carbocycles. The molecule has 1 aromatic heterocycles. The van der Waals surface area contributed by atoms with Crippen molar-refractivity contribution in [3.63, 3.8) is 0 Å². The lowest BCUT2D eigenvalue weighted by atomic mass is 9.95. The third-order valence-electron chi connectivity index (χ3n) is 5.69. The highest BCUT2D eigenvalue weighted by atomic mass is 19.1. The van der Waals surface area contributed by atoms with Gasteiger partial charge >= 0.3 is 5.97 Å². The molecule has 0 unspecified atom stereocenters. The summed E-state index contributed by atoms with van der Waals surface area (Å²) < 4.78 is 19.7. The molecule has 176 valence electrons. The summed E-state index contributed by atoms with van der Waals surface area (Å²) in [5, 5.41) is 7.31. The lowest BCUT2D eigenvalue weighted by Crippen LogP contribution is -2.39. The molecular weight excluding hydrogens is 439 g/mol. The second kappa shape index (κ2) is 10.3. The highest BCUT2D eigenvalue weighted by Crippen LogP contribution is 2.23. The lowest BCUT2D eigenvalue weighted by molar-refractivity contribution is -0.120. The molecule has 3 aromatic rings. The summed E-state index contributed by atoms with van der Waals surface area (Å²) in [4.78, 5) is 38.7. The van der Waals surface area contributed by atoms with E-state index in [9.17, 15) is 18.8 Å². The second-order valence-electron chi connectivity index (χ2n) is 7.97. The van der Waals surface area contributed by atoms with E-state index < -0.39 is 11.8 Å². The van der Waals surface area contributed by atoms with Crippen LogP contribution in [-0.4, -0.2) is 41.4 Å². The van der Waals surface area contributed by atoms with Gasteiger partial charge in [0.05, 0.1) is 17.9 Å². The van der Waals surface area contributed by atoms with Crippen molar-refractivity contribution in [2.75, 3.05) is 29.9 Å². The number of carbonyl (C=O) groups excluding carboxylic acids is 2. The smallest absolute Gasteiger partial charge is 0.338 e. The van der Waals surface area contributed by atoms with Crippen LogP contribution >= 0.6 is 0 Å². The van der Waals surface area contributed by atoms with Gasteiger partial charge in [-0.2, -0.15) is 4.68 Å². The fourth-order valence-electron chi connectivity index (χ4n) is 3.88. The van der Waals surface area contributed by atoms with Crippen LogP contribution in [0.25, 0.3) is 5.69 Å². The van der Waals surface area contributed by atoms with E-state index in [0.29, 0.717) is 55.3 Å². The Morgan fingerprint density at radius 1 is 1.09 bits per heavy atom. The summed E-state index contributed by atoms with van der Waals surface area (Å²) in [6.07, 6.45) is 1.24. The Bertz CT molecular complexity index is 1230. The molecule has 4 rings (SSSR count). The number of nitrogens with zero attached hydrogens (tertiary/aromatic N) is 3. The maximum absolute atomic E-state index is 13.6. The first kappa shape index (κ1) is 23.2. The Balaban J connectivity index is 1.37. The zero-order valence-electron chi connectivity index (χ0n) is 18.7. The first-order valence-electron chi connectivity index (χ1n) is 11.1. The molecule has 2 aromatic carbocycles. The number of ether oxygens (including phenoxy) is 1. The molecule has 0 spiro atoms. The van der Waals surface area contributed by atoms with E-state index in [-0.39, 0.29) is 17.4 Å². The van der Waals surface area contributed by atoms with E-state index in [1.54, 1.807) is 43.3 Å². The number of rotatable bonds is 6. The van der Waals surface area contributed by atoms with Gasteiger partial charge in [0.2, 0.25) is 5.91 Å². The molecule has 34 heavy (non-hydrogen) atoms. The van der Waals surface area contributed by atoms with Crippen molar-refractivity contribution in [2.45, 2.75) is 19.8 Å². The molecule has 2 heterocycles. The minimum absolute atomic E-state index is 0.0822. The first-order chi connectivity index (χ1) is 16.4. The van der Waals surface area contributed by atoms with E-state index in [4.69, 9.17) is 4.74 Å². The molecule has 1 aliphatic heterocycles.